The van der Waals surface area contributed by atoms with E-state index in [0.717, 1.165) is 0 Å². The Hall–Kier alpha value is -0.380. The molecule has 0 bridgehead atoms. The lowest BCUT2D eigenvalue weighted by molar-refractivity contribution is 0.136. The standard InChI is InChI=1S/C17H28N2S/c1-3-17(4-2)13-19(11-6-10-18-17)15-7-5-8-16-14(15)9-12-20-16/h9,12,15,18H,3-8,10-11,13H2,1-2H3. The van der Waals surface area contributed by atoms with Gasteiger partial charge in [0, 0.05) is 29.5 Å². The Morgan fingerprint density at radius 1 is 1.35 bits per heavy atom. The van der Waals surface area contributed by atoms with Crippen molar-refractivity contribution in [2.45, 2.75) is 64.0 Å². The number of hydrogen-bond donors (Lipinski definition) is 1. The van der Waals surface area contributed by atoms with Gasteiger partial charge in [-0.05, 0) is 62.1 Å². The van der Waals surface area contributed by atoms with Crippen LogP contribution in [0.2, 0.25) is 0 Å². The van der Waals surface area contributed by atoms with Crippen molar-refractivity contribution in [2.75, 3.05) is 19.6 Å². The van der Waals surface area contributed by atoms with Gasteiger partial charge < -0.3 is 5.32 Å². The summed E-state index contributed by atoms with van der Waals surface area (Å²) in [4.78, 5) is 4.44. The molecule has 1 atom stereocenters. The van der Waals surface area contributed by atoms with E-state index in [0.29, 0.717) is 11.6 Å². The van der Waals surface area contributed by atoms with E-state index in [4.69, 9.17) is 0 Å². The van der Waals surface area contributed by atoms with Gasteiger partial charge in [-0.2, -0.15) is 0 Å². The molecular weight excluding hydrogens is 264 g/mol. The van der Waals surface area contributed by atoms with E-state index in [-0.39, 0.29) is 0 Å². The summed E-state index contributed by atoms with van der Waals surface area (Å²) in [6.07, 6.45) is 7.80. The fraction of sp³-hybridized carbons (Fsp3) is 0.765. The smallest absolute Gasteiger partial charge is 0.0360 e. The third-order valence-corrected chi connectivity index (χ3v) is 6.44. The molecule has 1 aliphatic carbocycles. The van der Waals surface area contributed by atoms with Crippen molar-refractivity contribution in [1.29, 1.82) is 0 Å². The minimum absolute atomic E-state index is 0.337. The maximum atomic E-state index is 3.84. The Labute approximate surface area is 127 Å². The first-order valence-corrected chi connectivity index (χ1v) is 9.21. The highest BCUT2D eigenvalue weighted by atomic mass is 32.1. The monoisotopic (exact) mass is 292 g/mol. The minimum atomic E-state index is 0.337. The number of thiophene rings is 1. The van der Waals surface area contributed by atoms with Gasteiger partial charge in [-0.3, -0.25) is 4.90 Å². The SMILES string of the molecule is CCC1(CC)CN(C2CCCc3sccc32)CCCN1. The fourth-order valence-corrected chi connectivity index (χ4v) is 4.97. The van der Waals surface area contributed by atoms with Crippen LogP contribution in [0.5, 0.6) is 0 Å². The molecule has 2 heterocycles. The largest absolute Gasteiger partial charge is 0.310 e. The molecule has 1 N–H and O–H groups in total. The zero-order valence-corrected chi connectivity index (χ0v) is 13.8. The summed E-state index contributed by atoms with van der Waals surface area (Å²) in [6.45, 7) is 8.35. The van der Waals surface area contributed by atoms with Crippen molar-refractivity contribution in [2.24, 2.45) is 0 Å². The number of nitrogens with one attached hydrogen (secondary N) is 1. The van der Waals surface area contributed by atoms with Crippen LogP contribution >= 0.6 is 11.3 Å². The van der Waals surface area contributed by atoms with E-state index in [1.807, 2.05) is 11.3 Å². The van der Waals surface area contributed by atoms with Crippen molar-refractivity contribution in [3.8, 4) is 0 Å². The molecule has 112 valence electrons. The molecule has 0 saturated carbocycles. The van der Waals surface area contributed by atoms with Gasteiger partial charge in [0.25, 0.3) is 0 Å². The number of hydrogen-bond acceptors (Lipinski definition) is 3. The third-order valence-electron chi connectivity index (χ3n) is 5.44. The fourth-order valence-electron chi connectivity index (χ4n) is 3.99. The molecule has 1 fully saturated rings. The molecule has 3 rings (SSSR count). The molecular formula is C17H28N2S. The van der Waals surface area contributed by atoms with Crippen LogP contribution in [0, 0.1) is 0 Å². The lowest BCUT2D eigenvalue weighted by atomic mass is 9.88. The second kappa shape index (κ2) is 6.17. The average molecular weight is 292 g/mol. The second-order valence-electron chi connectivity index (χ2n) is 6.45. The summed E-state index contributed by atoms with van der Waals surface area (Å²) in [5.41, 5.74) is 1.98. The van der Waals surface area contributed by atoms with Crippen molar-refractivity contribution in [3.63, 3.8) is 0 Å². The lowest BCUT2D eigenvalue weighted by Gasteiger charge is -2.40. The highest BCUT2D eigenvalue weighted by Gasteiger charge is 2.35. The molecule has 0 aromatic carbocycles. The topological polar surface area (TPSA) is 15.3 Å². The minimum Gasteiger partial charge on any atom is -0.310 e. The van der Waals surface area contributed by atoms with E-state index in [2.05, 4.69) is 35.5 Å². The normalized spacial score (nSPS) is 27.0. The molecule has 0 spiro atoms. The highest BCUT2D eigenvalue weighted by molar-refractivity contribution is 7.10. The number of rotatable bonds is 3. The second-order valence-corrected chi connectivity index (χ2v) is 7.45. The van der Waals surface area contributed by atoms with Crippen LogP contribution in [0.15, 0.2) is 11.4 Å². The predicted octanol–water partition coefficient (Wildman–Crippen LogP) is 3.98. The summed E-state index contributed by atoms with van der Waals surface area (Å²) >= 11 is 1.97. The molecule has 1 aromatic heterocycles. The van der Waals surface area contributed by atoms with Gasteiger partial charge in [-0.25, -0.2) is 0 Å². The average Bonchev–Trinajstić information content (AvgIpc) is 2.87. The Morgan fingerprint density at radius 3 is 3.00 bits per heavy atom. The van der Waals surface area contributed by atoms with Gasteiger partial charge >= 0.3 is 0 Å². The van der Waals surface area contributed by atoms with Gasteiger partial charge in [0.1, 0.15) is 0 Å². The van der Waals surface area contributed by atoms with Crippen LogP contribution in [0.4, 0.5) is 0 Å². The van der Waals surface area contributed by atoms with E-state index in [1.165, 1.54) is 58.2 Å². The zero-order chi connectivity index (χ0) is 14.0. The molecule has 1 unspecified atom stereocenters. The zero-order valence-electron chi connectivity index (χ0n) is 13.0. The molecule has 0 radical (unpaired) electrons. The maximum Gasteiger partial charge on any atom is 0.0360 e. The Kier molecular flexibility index (Phi) is 4.49. The predicted molar refractivity (Wildman–Crippen MR) is 87.5 cm³/mol. The van der Waals surface area contributed by atoms with Crippen LogP contribution < -0.4 is 5.32 Å². The third kappa shape index (κ3) is 2.68. The van der Waals surface area contributed by atoms with Gasteiger partial charge in [-0.15, -0.1) is 11.3 Å². The van der Waals surface area contributed by atoms with Gasteiger partial charge in [0.2, 0.25) is 0 Å². The molecule has 2 aliphatic rings. The van der Waals surface area contributed by atoms with E-state index < -0.39 is 0 Å². The summed E-state index contributed by atoms with van der Waals surface area (Å²) in [7, 11) is 0. The Bertz CT molecular complexity index is 436. The first-order chi connectivity index (χ1) is 9.78. The van der Waals surface area contributed by atoms with E-state index >= 15 is 0 Å². The molecule has 1 saturated heterocycles. The summed E-state index contributed by atoms with van der Waals surface area (Å²) in [6, 6.07) is 3.07. The summed E-state index contributed by atoms with van der Waals surface area (Å²) in [5, 5.41) is 6.14. The van der Waals surface area contributed by atoms with Crippen molar-refractivity contribution in [1.82, 2.24) is 10.2 Å². The number of nitrogens with zero attached hydrogens (tertiary/aromatic N) is 1. The lowest BCUT2D eigenvalue weighted by Crippen LogP contribution is -2.51. The summed E-state index contributed by atoms with van der Waals surface area (Å²) in [5.74, 6) is 0. The van der Waals surface area contributed by atoms with E-state index in [9.17, 15) is 0 Å². The van der Waals surface area contributed by atoms with Crippen LogP contribution in [0.1, 0.15) is 62.4 Å². The van der Waals surface area contributed by atoms with Gasteiger partial charge in [0.15, 0.2) is 0 Å². The summed E-state index contributed by atoms with van der Waals surface area (Å²) < 4.78 is 0. The molecule has 3 heteroatoms. The molecule has 20 heavy (non-hydrogen) atoms. The number of fused-ring (bicyclic) bond motifs is 1. The van der Waals surface area contributed by atoms with Gasteiger partial charge in [0.05, 0.1) is 0 Å². The van der Waals surface area contributed by atoms with Crippen LogP contribution in [-0.4, -0.2) is 30.1 Å². The highest BCUT2D eigenvalue weighted by Crippen LogP contribution is 2.38. The first kappa shape index (κ1) is 14.6. The van der Waals surface area contributed by atoms with Crippen molar-refractivity contribution < 1.29 is 0 Å². The van der Waals surface area contributed by atoms with Crippen LogP contribution in [0.3, 0.4) is 0 Å². The van der Waals surface area contributed by atoms with Crippen molar-refractivity contribution >= 4 is 11.3 Å². The quantitative estimate of drug-likeness (QED) is 0.906. The Balaban J connectivity index is 1.83. The molecule has 0 amide bonds. The van der Waals surface area contributed by atoms with Crippen LogP contribution in [0.25, 0.3) is 0 Å². The maximum absolute atomic E-state index is 3.84. The van der Waals surface area contributed by atoms with Gasteiger partial charge in [-0.1, -0.05) is 13.8 Å². The molecule has 1 aromatic rings. The van der Waals surface area contributed by atoms with E-state index in [1.54, 1.807) is 10.4 Å². The molecule has 2 nitrogen and oxygen atoms in total. The molecule has 1 aliphatic heterocycles. The first-order valence-electron chi connectivity index (χ1n) is 8.33. The van der Waals surface area contributed by atoms with Crippen molar-refractivity contribution in [3.05, 3.63) is 21.9 Å². The number of aryl methyl sites for hydroxylation is 1. The van der Waals surface area contributed by atoms with Crippen LogP contribution in [-0.2, 0) is 6.42 Å². The Morgan fingerprint density at radius 2 is 2.20 bits per heavy atom.